The fourth-order valence-corrected chi connectivity index (χ4v) is 2.41. The molecule has 0 spiro atoms. The van der Waals surface area contributed by atoms with Crippen LogP contribution in [0.3, 0.4) is 0 Å². The van der Waals surface area contributed by atoms with Gasteiger partial charge in [0.15, 0.2) is 0 Å². The van der Waals surface area contributed by atoms with Crippen molar-refractivity contribution in [1.82, 2.24) is 4.90 Å². The molecule has 5 heteroatoms. The lowest BCUT2D eigenvalue weighted by Gasteiger charge is -2.14. The van der Waals surface area contributed by atoms with E-state index >= 15 is 0 Å². The number of hydrogen-bond acceptors (Lipinski definition) is 4. The summed E-state index contributed by atoms with van der Waals surface area (Å²) in [6, 6.07) is 9.22. The summed E-state index contributed by atoms with van der Waals surface area (Å²) in [5.74, 6) is -2.70. The molecule has 100 valence electrons. The molecule has 19 heavy (non-hydrogen) atoms. The third-order valence-corrected chi connectivity index (χ3v) is 3.38. The highest BCUT2D eigenvalue weighted by molar-refractivity contribution is 6.07. The lowest BCUT2D eigenvalue weighted by molar-refractivity contribution is -0.152. The lowest BCUT2D eigenvalue weighted by atomic mass is 9.89. The molecule has 1 aliphatic heterocycles. The number of rotatable bonds is 2. The number of amides is 2. The number of imide groups is 1. The van der Waals surface area contributed by atoms with Crippen LogP contribution in [-0.2, 0) is 19.1 Å². The van der Waals surface area contributed by atoms with Crippen LogP contribution in [0.15, 0.2) is 30.3 Å². The summed E-state index contributed by atoms with van der Waals surface area (Å²) in [5, 5.41) is 0. The molecule has 0 aromatic heterocycles. The summed E-state index contributed by atoms with van der Waals surface area (Å²) in [6.45, 7) is 1.54. The van der Waals surface area contributed by atoms with Crippen LogP contribution in [0.25, 0.3) is 0 Å². The summed E-state index contributed by atoms with van der Waals surface area (Å²) < 4.78 is 4.69. The Morgan fingerprint density at radius 2 is 1.89 bits per heavy atom. The number of carbonyl (C=O) groups is 3. The summed E-state index contributed by atoms with van der Waals surface area (Å²) in [5.41, 5.74) is 0.856. The first-order chi connectivity index (χ1) is 9.06. The van der Waals surface area contributed by atoms with Crippen LogP contribution < -0.4 is 0 Å². The molecule has 5 nitrogen and oxygen atoms in total. The number of hydrogen-bond donors (Lipinski definition) is 0. The van der Waals surface area contributed by atoms with Crippen molar-refractivity contribution in [2.75, 3.05) is 13.7 Å². The maximum absolute atomic E-state index is 12.1. The Kier molecular flexibility index (Phi) is 3.64. The number of methoxy groups -OCH3 is 1. The van der Waals surface area contributed by atoms with Crippen molar-refractivity contribution >= 4 is 17.8 Å². The van der Waals surface area contributed by atoms with Crippen molar-refractivity contribution in [3.8, 4) is 0 Å². The van der Waals surface area contributed by atoms with Crippen molar-refractivity contribution in [3.05, 3.63) is 35.9 Å². The molecule has 0 saturated carbocycles. The minimum atomic E-state index is -0.934. The highest BCUT2D eigenvalue weighted by Crippen LogP contribution is 2.34. The molecule has 1 aromatic carbocycles. The van der Waals surface area contributed by atoms with Gasteiger partial charge in [-0.25, -0.2) is 0 Å². The SMILES string of the molecule is COC(=O)[C@@H]1C(=O)N(C(C)=O)C[C@H]1c1ccccc1. The zero-order valence-corrected chi connectivity index (χ0v) is 10.8. The second-order valence-electron chi connectivity index (χ2n) is 4.49. The van der Waals surface area contributed by atoms with Gasteiger partial charge in [-0.1, -0.05) is 30.3 Å². The van der Waals surface area contributed by atoms with E-state index < -0.39 is 17.8 Å². The van der Waals surface area contributed by atoms with Crippen LogP contribution in [0, 0.1) is 5.92 Å². The van der Waals surface area contributed by atoms with Gasteiger partial charge in [0, 0.05) is 19.4 Å². The van der Waals surface area contributed by atoms with Crippen molar-refractivity contribution in [1.29, 1.82) is 0 Å². The average molecular weight is 261 g/mol. The first-order valence-electron chi connectivity index (χ1n) is 6.01. The Hall–Kier alpha value is -2.17. The largest absolute Gasteiger partial charge is 0.468 e. The van der Waals surface area contributed by atoms with Gasteiger partial charge in [-0.05, 0) is 5.56 Å². The zero-order valence-electron chi connectivity index (χ0n) is 10.8. The molecule has 1 aliphatic rings. The predicted octanol–water partition coefficient (Wildman–Crippen LogP) is 0.948. The number of nitrogens with zero attached hydrogens (tertiary/aromatic N) is 1. The van der Waals surface area contributed by atoms with E-state index in [-0.39, 0.29) is 18.4 Å². The van der Waals surface area contributed by atoms with Gasteiger partial charge in [0.25, 0.3) is 0 Å². The van der Waals surface area contributed by atoms with Crippen molar-refractivity contribution < 1.29 is 19.1 Å². The van der Waals surface area contributed by atoms with Gasteiger partial charge in [-0.15, -0.1) is 0 Å². The monoisotopic (exact) mass is 261 g/mol. The summed E-state index contributed by atoms with van der Waals surface area (Å²) in [6.07, 6.45) is 0. The standard InChI is InChI=1S/C14H15NO4/c1-9(16)15-8-11(10-6-4-3-5-7-10)12(13(15)17)14(18)19-2/h3-7,11-12H,8H2,1-2H3/t11-,12-/m0/s1. The van der Waals surface area contributed by atoms with Gasteiger partial charge in [0.1, 0.15) is 5.92 Å². The molecule has 0 radical (unpaired) electrons. The van der Waals surface area contributed by atoms with Crippen LogP contribution in [-0.4, -0.2) is 36.3 Å². The van der Waals surface area contributed by atoms with Crippen LogP contribution in [0.1, 0.15) is 18.4 Å². The molecule has 1 heterocycles. The molecule has 2 amide bonds. The van der Waals surface area contributed by atoms with Gasteiger partial charge < -0.3 is 4.74 Å². The quantitative estimate of drug-likeness (QED) is 0.587. The number of ether oxygens (including phenoxy) is 1. The van der Waals surface area contributed by atoms with E-state index in [4.69, 9.17) is 0 Å². The second-order valence-corrected chi connectivity index (χ2v) is 4.49. The average Bonchev–Trinajstić information content (AvgIpc) is 2.77. The Morgan fingerprint density at radius 3 is 2.42 bits per heavy atom. The highest BCUT2D eigenvalue weighted by Gasteiger charge is 2.47. The van der Waals surface area contributed by atoms with Gasteiger partial charge in [-0.2, -0.15) is 0 Å². The fourth-order valence-electron chi connectivity index (χ4n) is 2.41. The minimum absolute atomic E-state index is 0.220. The zero-order chi connectivity index (χ0) is 14.0. The van der Waals surface area contributed by atoms with Crippen LogP contribution in [0.5, 0.6) is 0 Å². The van der Waals surface area contributed by atoms with Crippen molar-refractivity contribution in [2.24, 2.45) is 5.92 Å². The van der Waals surface area contributed by atoms with Gasteiger partial charge in [0.05, 0.1) is 7.11 Å². The third-order valence-electron chi connectivity index (χ3n) is 3.38. The molecule has 0 bridgehead atoms. The highest BCUT2D eigenvalue weighted by atomic mass is 16.5. The molecular formula is C14H15NO4. The normalized spacial score (nSPS) is 22.4. The molecule has 0 unspecified atom stereocenters. The van der Waals surface area contributed by atoms with E-state index in [1.165, 1.54) is 14.0 Å². The molecule has 2 rings (SSSR count). The molecule has 1 saturated heterocycles. The van der Waals surface area contributed by atoms with Crippen LogP contribution in [0.2, 0.25) is 0 Å². The van der Waals surface area contributed by atoms with E-state index in [9.17, 15) is 14.4 Å². The summed E-state index contributed by atoms with van der Waals surface area (Å²) in [7, 11) is 1.24. The van der Waals surface area contributed by atoms with Crippen molar-refractivity contribution in [3.63, 3.8) is 0 Å². The first kappa shape index (κ1) is 13.3. The number of likely N-dealkylation sites (tertiary alicyclic amines) is 1. The van der Waals surface area contributed by atoms with Crippen LogP contribution in [0.4, 0.5) is 0 Å². The van der Waals surface area contributed by atoms with Gasteiger partial charge >= 0.3 is 5.97 Å². The summed E-state index contributed by atoms with van der Waals surface area (Å²) >= 11 is 0. The minimum Gasteiger partial charge on any atom is -0.468 e. The maximum Gasteiger partial charge on any atom is 0.318 e. The molecule has 0 aliphatic carbocycles. The van der Waals surface area contributed by atoms with E-state index in [1.807, 2.05) is 30.3 Å². The van der Waals surface area contributed by atoms with E-state index in [0.29, 0.717) is 0 Å². The topological polar surface area (TPSA) is 63.7 Å². The Morgan fingerprint density at radius 1 is 1.26 bits per heavy atom. The summed E-state index contributed by atoms with van der Waals surface area (Å²) in [4.78, 5) is 36.5. The smallest absolute Gasteiger partial charge is 0.318 e. The number of esters is 1. The molecule has 1 fully saturated rings. The van der Waals surface area contributed by atoms with Gasteiger partial charge in [0.2, 0.25) is 11.8 Å². The maximum atomic E-state index is 12.1. The van der Waals surface area contributed by atoms with Crippen LogP contribution >= 0.6 is 0 Å². The molecule has 1 aromatic rings. The van der Waals surface area contributed by atoms with Gasteiger partial charge in [-0.3, -0.25) is 19.3 Å². The Balaban J connectivity index is 2.38. The van der Waals surface area contributed by atoms with E-state index in [1.54, 1.807) is 0 Å². The fraction of sp³-hybridized carbons (Fsp3) is 0.357. The van der Waals surface area contributed by atoms with Crippen molar-refractivity contribution in [2.45, 2.75) is 12.8 Å². The Labute approximate surface area is 111 Å². The first-order valence-corrected chi connectivity index (χ1v) is 6.01. The molecular weight excluding hydrogens is 246 g/mol. The number of carbonyl (C=O) groups excluding carboxylic acids is 3. The number of benzene rings is 1. The third kappa shape index (κ3) is 2.36. The second kappa shape index (κ2) is 5.22. The molecule has 0 N–H and O–H groups in total. The van der Waals surface area contributed by atoms with E-state index in [0.717, 1.165) is 10.5 Å². The Bertz CT molecular complexity index is 511. The predicted molar refractivity (Wildman–Crippen MR) is 67.1 cm³/mol. The molecule has 2 atom stereocenters. The lowest BCUT2D eigenvalue weighted by Crippen LogP contribution is -2.34. The van der Waals surface area contributed by atoms with E-state index in [2.05, 4.69) is 4.74 Å².